The summed E-state index contributed by atoms with van der Waals surface area (Å²) in [7, 11) is -1.03. The van der Waals surface area contributed by atoms with E-state index >= 15 is 0 Å². The number of nitrogens with one attached hydrogen (secondary N) is 1. The third kappa shape index (κ3) is 2.41. The van der Waals surface area contributed by atoms with Crippen LogP contribution in [0.4, 0.5) is 0 Å². The van der Waals surface area contributed by atoms with Gasteiger partial charge in [0, 0.05) is 13.6 Å². The highest BCUT2D eigenvalue weighted by Gasteiger charge is 2.30. The van der Waals surface area contributed by atoms with E-state index in [4.69, 9.17) is 0 Å². The quantitative estimate of drug-likeness (QED) is 0.771. The zero-order chi connectivity index (χ0) is 11.6. The summed E-state index contributed by atoms with van der Waals surface area (Å²) in [4.78, 5) is 4.06. The van der Waals surface area contributed by atoms with Crippen LogP contribution in [0.2, 0.25) is 0 Å². The van der Waals surface area contributed by atoms with E-state index in [0.717, 1.165) is 18.7 Å². The molecule has 1 aromatic rings. The standard InChI is InChI=1S/C9H16N4O2S/c1-13-9(11-7-12-13)6-10-5-8-3-2-4-16(8,14)15/h7-8,10H,2-6H2,1H3. The van der Waals surface area contributed by atoms with Crippen LogP contribution in [0.5, 0.6) is 0 Å². The Bertz CT molecular complexity index is 454. The highest BCUT2D eigenvalue weighted by Crippen LogP contribution is 2.18. The molecule has 6 nitrogen and oxygen atoms in total. The highest BCUT2D eigenvalue weighted by atomic mass is 32.2. The fourth-order valence-electron chi connectivity index (χ4n) is 1.91. The largest absolute Gasteiger partial charge is 0.309 e. The van der Waals surface area contributed by atoms with Gasteiger partial charge in [-0.3, -0.25) is 4.68 Å². The Labute approximate surface area is 95.0 Å². The second-order valence-corrected chi connectivity index (χ2v) is 6.46. The van der Waals surface area contributed by atoms with Gasteiger partial charge in [0.25, 0.3) is 0 Å². The molecule has 1 saturated heterocycles. The predicted octanol–water partition coefficient (Wildman–Crippen LogP) is -0.518. The predicted molar refractivity (Wildman–Crippen MR) is 59.5 cm³/mol. The van der Waals surface area contributed by atoms with Gasteiger partial charge >= 0.3 is 0 Å². The summed E-state index contributed by atoms with van der Waals surface area (Å²) in [5.74, 6) is 1.15. The van der Waals surface area contributed by atoms with Crippen LogP contribution >= 0.6 is 0 Å². The first-order valence-electron chi connectivity index (χ1n) is 5.35. The highest BCUT2D eigenvalue weighted by molar-refractivity contribution is 7.92. The Morgan fingerprint density at radius 2 is 2.44 bits per heavy atom. The Morgan fingerprint density at radius 3 is 3.00 bits per heavy atom. The van der Waals surface area contributed by atoms with Crippen LogP contribution in [0.3, 0.4) is 0 Å². The van der Waals surface area contributed by atoms with Gasteiger partial charge < -0.3 is 5.32 Å². The topological polar surface area (TPSA) is 76.9 Å². The second-order valence-electron chi connectivity index (χ2n) is 4.06. The van der Waals surface area contributed by atoms with Crippen molar-refractivity contribution in [1.29, 1.82) is 0 Å². The van der Waals surface area contributed by atoms with Crippen molar-refractivity contribution in [3.05, 3.63) is 12.2 Å². The normalized spacial score (nSPS) is 23.7. The molecule has 1 aliphatic heterocycles. The first-order valence-corrected chi connectivity index (χ1v) is 7.06. The maximum atomic E-state index is 11.5. The number of aromatic nitrogens is 3. The molecular formula is C9H16N4O2S. The van der Waals surface area contributed by atoms with Crippen molar-refractivity contribution in [3.8, 4) is 0 Å². The number of hydrogen-bond donors (Lipinski definition) is 1. The van der Waals surface area contributed by atoms with Crippen LogP contribution in [0.15, 0.2) is 6.33 Å². The smallest absolute Gasteiger partial charge is 0.154 e. The third-order valence-electron chi connectivity index (χ3n) is 2.92. The molecule has 0 aromatic carbocycles. The van der Waals surface area contributed by atoms with Gasteiger partial charge in [-0.05, 0) is 12.8 Å². The Hall–Kier alpha value is -0.950. The SMILES string of the molecule is Cn1ncnc1CNCC1CCCS1(=O)=O. The molecule has 1 atom stereocenters. The molecule has 2 rings (SSSR count). The van der Waals surface area contributed by atoms with E-state index in [1.165, 1.54) is 6.33 Å². The average Bonchev–Trinajstić information content (AvgIpc) is 2.75. The first-order chi connectivity index (χ1) is 7.59. The molecule has 1 aliphatic rings. The summed E-state index contributed by atoms with van der Waals surface area (Å²) in [6.45, 7) is 1.07. The Balaban J connectivity index is 1.83. The molecule has 1 N–H and O–H groups in total. The second kappa shape index (κ2) is 4.50. The molecular weight excluding hydrogens is 228 g/mol. The number of sulfone groups is 1. The number of rotatable bonds is 4. The van der Waals surface area contributed by atoms with E-state index in [2.05, 4.69) is 15.4 Å². The van der Waals surface area contributed by atoms with E-state index in [9.17, 15) is 8.42 Å². The first kappa shape index (κ1) is 11.5. The minimum atomic E-state index is -2.84. The molecule has 0 amide bonds. The molecule has 0 spiro atoms. The maximum Gasteiger partial charge on any atom is 0.154 e. The minimum Gasteiger partial charge on any atom is -0.309 e. The lowest BCUT2D eigenvalue weighted by atomic mass is 10.2. The van der Waals surface area contributed by atoms with Crippen LogP contribution in [-0.2, 0) is 23.4 Å². The lowest BCUT2D eigenvalue weighted by Gasteiger charge is -2.10. The fourth-order valence-corrected chi connectivity index (χ4v) is 3.71. The molecule has 0 radical (unpaired) electrons. The molecule has 1 unspecified atom stereocenters. The fraction of sp³-hybridized carbons (Fsp3) is 0.778. The van der Waals surface area contributed by atoms with Crippen molar-refractivity contribution in [2.75, 3.05) is 12.3 Å². The van der Waals surface area contributed by atoms with E-state index in [1.807, 2.05) is 7.05 Å². The zero-order valence-corrected chi connectivity index (χ0v) is 10.1. The van der Waals surface area contributed by atoms with E-state index in [1.54, 1.807) is 4.68 Å². The van der Waals surface area contributed by atoms with Crippen LogP contribution in [0.1, 0.15) is 18.7 Å². The summed E-state index contributed by atoms with van der Waals surface area (Å²) < 4.78 is 24.8. The molecule has 1 aromatic heterocycles. The van der Waals surface area contributed by atoms with Crippen molar-refractivity contribution in [1.82, 2.24) is 20.1 Å². The molecule has 0 saturated carbocycles. The van der Waals surface area contributed by atoms with Gasteiger partial charge in [0.15, 0.2) is 9.84 Å². The van der Waals surface area contributed by atoms with Gasteiger partial charge in [0.2, 0.25) is 0 Å². The van der Waals surface area contributed by atoms with Crippen molar-refractivity contribution in [2.45, 2.75) is 24.6 Å². The average molecular weight is 244 g/mol. The summed E-state index contributed by atoms with van der Waals surface area (Å²) >= 11 is 0. The lowest BCUT2D eigenvalue weighted by molar-refractivity contribution is 0.562. The molecule has 7 heteroatoms. The summed E-state index contributed by atoms with van der Waals surface area (Å²) in [6, 6.07) is 0. The van der Waals surface area contributed by atoms with Gasteiger partial charge in [0.1, 0.15) is 12.2 Å². The van der Waals surface area contributed by atoms with Gasteiger partial charge in [0.05, 0.1) is 17.5 Å². The monoisotopic (exact) mass is 244 g/mol. The molecule has 90 valence electrons. The van der Waals surface area contributed by atoms with E-state index in [-0.39, 0.29) is 5.25 Å². The minimum absolute atomic E-state index is 0.222. The van der Waals surface area contributed by atoms with Crippen molar-refractivity contribution in [2.24, 2.45) is 7.05 Å². The van der Waals surface area contributed by atoms with Crippen molar-refractivity contribution in [3.63, 3.8) is 0 Å². The Kier molecular flexibility index (Phi) is 3.25. The number of nitrogens with zero attached hydrogens (tertiary/aromatic N) is 3. The van der Waals surface area contributed by atoms with Gasteiger partial charge in [-0.25, -0.2) is 13.4 Å². The van der Waals surface area contributed by atoms with Crippen LogP contribution in [-0.4, -0.2) is 40.7 Å². The summed E-state index contributed by atoms with van der Waals surface area (Å²) in [6.07, 6.45) is 3.05. The van der Waals surface area contributed by atoms with Gasteiger partial charge in [-0.15, -0.1) is 0 Å². The van der Waals surface area contributed by atoms with Crippen molar-refractivity contribution >= 4 is 9.84 Å². The molecule has 2 heterocycles. The van der Waals surface area contributed by atoms with Crippen LogP contribution < -0.4 is 5.32 Å². The van der Waals surface area contributed by atoms with E-state index in [0.29, 0.717) is 18.8 Å². The maximum absolute atomic E-state index is 11.5. The third-order valence-corrected chi connectivity index (χ3v) is 5.20. The number of aryl methyl sites for hydroxylation is 1. The summed E-state index contributed by atoms with van der Waals surface area (Å²) in [5.41, 5.74) is 0. The summed E-state index contributed by atoms with van der Waals surface area (Å²) in [5, 5.41) is 6.85. The molecule has 16 heavy (non-hydrogen) atoms. The number of hydrogen-bond acceptors (Lipinski definition) is 5. The Morgan fingerprint density at radius 1 is 1.62 bits per heavy atom. The molecule has 0 aliphatic carbocycles. The molecule has 0 bridgehead atoms. The van der Waals surface area contributed by atoms with Gasteiger partial charge in [-0.1, -0.05) is 0 Å². The zero-order valence-electron chi connectivity index (χ0n) is 9.26. The van der Waals surface area contributed by atoms with Gasteiger partial charge in [-0.2, -0.15) is 5.10 Å². The van der Waals surface area contributed by atoms with Crippen molar-refractivity contribution < 1.29 is 8.42 Å². The van der Waals surface area contributed by atoms with Crippen LogP contribution in [0, 0.1) is 0 Å². The lowest BCUT2D eigenvalue weighted by Crippen LogP contribution is -2.30. The van der Waals surface area contributed by atoms with E-state index < -0.39 is 9.84 Å². The molecule has 1 fully saturated rings. The van der Waals surface area contributed by atoms with Crippen LogP contribution in [0.25, 0.3) is 0 Å².